The summed E-state index contributed by atoms with van der Waals surface area (Å²) in [5, 5.41) is 2.66. The fraction of sp³-hybridized carbons (Fsp3) is 0.833. The molecule has 0 saturated carbocycles. The summed E-state index contributed by atoms with van der Waals surface area (Å²) in [4.78, 5) is 24.6. The quantitative estimate of drug-likeness (QED) is 0.620. The van der Waals surface area contributed by atoms with Gasteiger partial charge in [-0.3, -0.25) is 9.59 Å². The third kappa shape index (κ3) is 5.46. The molecule has 7 nitrogen and oxygen atoms in total. The van der Waals surface area contributed by atoms with Crippen molar-refractivity contribution in [2.24, 2.45) is 0 Å². The van der Waals surface area contributed by atoms with E-state index in [0.29, 0.717) is 19.6 Å². The lowest BCUT2D eigenvalue weighted by atomic mass is 10.2. The summed E-state index contributed by atoms with van der Waals surface area (Å²) in [6.45, 7) is 2.50. The second kappa shape index (κ2) is 7.58. The van der Waals surface area contributed by atoms with E-state index in [1.165, 1.54) is 11.8 Å². The number of hydrogen-bond donors (Lipinski definition) is 1. The van der Waals surface area contributed by atoms with Crippen LogP contribution in [0, 0.1) is 0 Å². The van der Waals surface area contributed by atoms with Crippen LogP contribution in [0.15, 0.2) is 0 Å². The number of rotatable bonds is 7. The number of methoxy groups -OCH3 is 1. The van der Waals surface area contributed by atoms with E-state index in [2.05, 4.69) is 5.32 Å². The predicted octanol–water partition coefficient (Wildman–Crippen LogP) is -0.825. The first kappa shape index (κ1) is 16.9. The van der Waals surface area contributed by atoms with Crippen LogP contribution in [0.3, 0.4) is 0 Å². The summed E-state index contributed by atoms with van der Waals surface area (Å²) in [5.41, 5.74) is 0. The van der Waals surface area contributed by atoms with Gasteiger partial charge in [0.1, 0.15) is 0 Å². The van der Waals surface area contributed by atoms with Gasteiger partial charge in [-0.15, -0.1) is 0 Å². The molecular formula is C12H22N2O5S. The number of nitrogens with one attached hydrogen (secondary N) is 1. The Morgan fingerprint density at radius 2 is 2.10 bits per heavy atom. The number of carbonyl (C=O) groups is 2. The van der Waals surface area contributed by atoms with Crippen LogP contribution in [0.1, 0.15) is 19.8 Å². The topological polar surface area (TPSA) is 92.8 Å². The van der Waals surface area contributed by atoms with Crippen molar-refractivity contribution in [3.05, 3.63) is 0 Å². The largest absolute Gasteiger partial charge is 0.383 e. The van der Waals surface area contributed by atoms with Gasteiger partial charge in [0, 0.05) is 39.6 Å². The maximum atomic E-state index is 11.6. The molecule has 2 amide bonds. The Balaban J connectivity index is 2.44. The Morgan fingerprint density at radius 1 is 1.40 bits per heavy atom. The van der Waals surface area contributed by atoms with Gasteiger partial charge >= 0.3 is 0 Å². The average Bonchev–Trinajstić information content (AvgIpc) is 2.69. The van der Waals surface area contributed by atoms with Gasteiger partial charge in [0.2, 0.25) is 11.8 Å². The van der Waals surface area contributed by atoms with Crippen LogP contribution < -0.4 is 5.32 Å². The number of nitrogens with zero attached hydrogens (tertiary/aromatic N) is 1. The van der Waals surface area contributed by atoms with E-state index >= 15 is 0 Å². The van der Waals surface area contributed by atoms with Crippen LogP contribution in [-0.2, 0) is 24.2 Å². The summed E-state index contributed by atoms with van der Waals surface area (Å²) in [7, 11) is -1.50. The highest BCUT2D eigenvalue weighted by atomic mass is 32.2. The second-order valence-corrected chi connectivity index (χ2v) is 7.09. The van der Waals surface area contributed by atoms with Gasteiger partial charge < -0.3 is 15.0 Å². The highest BCUT2D eigenvalue weighted by Gasteiger charge is 2.33. The molecule has 1 fully saturated rings. The Morgan fingerprint density at radius 3 is 2.60 bits per heavy atom. The average molecular weight is 306 g/mol. The van der Waals surface area contributed by atoms with E-state index in [0.717, 1.165) is 0 Å². The first-order valence-electron chi connectivity index (χ1n) is 6.59. The maximum Gasteiger partial charge on any atom is 0.221 e. The van der Waals surface area contributed by atoms with Gasteiger partial charge in [-0.25, -0.2) is 8.42 Å². The number of amides is 2. The summed E-state index contributed by atoms with van der Waals surface area (Å²) >= 11 is 0. The first-order valence-corrected chi connectivity index (χ1v) is 8.41. The monoisotopic (exact) mass is 306 g/mol. The van der Waals surface area contributed by atoms with Gasteiger partial charge in [0.25, 0.3) is 0 Å². The number of hydrogen-bond acceptors (Lipinski definition) is 5. The van der Waals surface area contributed by atoms with E-state index in [9.17, 15) is 18.0 Å². The van der Waals surface area contributed by atoms with Gasteiger partial charge in [-0.1, -0.05) is 0 Å². The molecule has 0 aromatic carbocycles. The highest BCUT2D eigenvalue weighted by molar-refractivity contribution is 7.91. The van der Waals surface area contributed by atoms with Crippen LogP contribution >= 0.6 is 0 Å². The standard InChI is InChI=1S/C12H22N2O5S/c1-10(15)14(11-4-8-20(17,18)9-11)6-3-12(16)13-5-7-19-2/h11H,3-9H2,1-2H3,(H,13,16). The zero-order chi connectivity index (χ0) is 15.2. The van der Waals surface area contributed by atoms with E-state index in [1.807, 2.05) is 0 Å². The third-order valence-electron chi connectivity index (χ3n) is 3.26. The zero-order valence-electron chi connectivity index (χ0n) is 11.9. The SMILES string of the molecule is COCCNC(=O)CCN(C(C)=O)C1CCS(=O)(=O)C1. The molecule has 0 aromatic heterocycles. The Kier molecular flexibility index (Phi) is 6.41. The number of sulfone groups is 1. The zero-order valence-corrected chi connectivity index (χ0v) is 12.7. The van der Waals surface area contributed by atoms with Crippen molar-refractivity contribution < 1.29 is 22.7 Å². The number of carbonyl (C=O) groups excluding carboxylic acids is 2. The first-order chi connectivity index (χ1) is 9.35. The molecule has 1 N–H and O–H groups in total. The lowest BCUT2D eigenvalue weighted by Gasteiger charge is -2.26. The van der Waals surface area contributed by atoms with Gasteiger partial charge in [0.05, 0.1) is 18.1 Å². The lowest BCUT2D eigenvalue weighted by Crippen LogP contribution is -2.42. The molecule has 0 aliphatic carbocycles. The third-order valence-corrected chi connectivity index (χ3v) is 5.01. The molecule has 116 valence electrons. The van der Waals surface area contributed by atoms with Crippen molar-refractivity contribution in [2.75, 3.05) is 38.3 Å². The van der Waals surface area contributed by atoms with Crippen molar-refractivity contribution in [3.8, 4) is 0 Å². The fourth-order valence-corrected chi connectivity index (χ4v) is 3.95. The molecule has 8 heteroatoms. The molecule has 0 aromatic rings. The molecule has 1 rings (SSSR count). The maximum absolute atomic E-state index is 11.6. The molecule has 0 spiro atoms. The molecular weight excluding hydrogens is 284 g/mol. The molecule has 0 radical (unpaired) electrons. The minimum Gasteiger partial charge on any atom is -0.383 e. The van der Waals surface area contributed by atoms with E-state index in [4.69, 9.17) is 4.74 Å². The molecule has 0 bridgehead atoms. The summed E-state index contributed by atoms with van der Waals surface area (Å²) in [6, 6.07) is -0.302. The van der Waals surface area contributed by atoms with Crippen molar-refractivity contribution in [3.63, 3.8) is 0 Å². The number of ether oxygens (including phenoxy) is 1. The lowest BCUT2D eigenvalue weighted by molar-refractivity contribution is -0.131. The molecule has 1 heterocycles. The minimum atomic E-state index is -3.04. The molecule has 1 unspecified atom stereocenters. The van der Waals surface area contributed by atoms with Crippen LogP contribution in [0.25, 0.3) is 0 Å². The minimum absolute atomic E-state index is 0.00211. The Labute approximate surface area is 119 Å². The van der Waals surface area contributed by atoms with Crippen LogP contribution in [0.5, 0.6) is 0 Å². The normalized spacial score (nSPS) is 20.6. The van der Waals surface area contributed by atoms with Crippen molar-refractivity contribution in [2.45, 2.75) is 25.8 Å². The van der Waals surface area contributed by atoms with Crippen molar-refractivity contribution in [1.82, 2.24) is 10.2 Å². The summed E-state index contributed by atoms with van der Waals surface area (Å²) < 4.78 is 27.7. The van der Waals surface area contributed by atoms with E-state index in [-0.39, 0.29) is 42.3 Å². The molecule has 20 heavy (non-hydrogen) atoms. The molecule has 1 saturated heterocycles. The second-order valence-electron chi connectivity index (χ2n) is 4.86. The van der Waals surface area contributed by atoms with Crippen molar-refractivity contribution in [1.29, 1.82) is 0 Å². The highest BCUT2D eigenvalue weighted by Crippen LogP contribution is 2.18. The van der Waals surface area contributed by atoms with E-state index < -0.39 is 9.84 Å². The van der Waals surface area contributed by atoms with Gasteiger partial charge in [0.15, 0.2) is 9.84 Å². The predicted molar refractivity (Wildman–Crippen MR) is 73.9 cm³/mol. The molecule has 1 aliphatic heterocycles. The Bertz CT molecular complexity index is 449. The Hall–Kier alpha value is -1.15. The van der Waals surface area contributed by atoms with Gasteiger partial charge in [-0.2, -0.15) is 0 Å². The fourth-order valence-electron chi connectivity index (χ4n) is 2.22. The van der Waals surface area contributed by atoms with Crippen molar-refractivity contribution >= 4 is 21.7 Å². The molecule has 1 atom stereocenters. The van der Waals surface area contributed by atoms with Crippen LogP contribution in [0.4, 0.5) is 0 Å². The van der Waals surface area contributed by atoms with Crippen LogP contribution in [0.2, 0.25) is 0 Å². The summed E-state index contributed by atoms with van der Waals surface area (Å²) in [5.74, 6) is -0.259. The van der Waals surface area contributed by atoms with Gasteiger partial charge in [-0.05, 0) is 6.42 Å². The summed E-state index contributed by atoms with van der Waals surface area (Å²) in [6.07, 6.45) is 0.618. The van der Waals surface area contributed by atoms with Crippen LogP contribution in [-0.4, -0.2) is 69.5 Å². The molecule has 1 aliphatic rings. The van der Waals surface area contributed by atoms with E-state index in [1.54, 1.807) is 7.11 Å². The smallest absolute Gasteiger partial charge is 0.221 e.